The van der Waals surface area contributed by atoms with Crippen LogP contribution in [-0.4, -0.2) is 60.5 Å². The van der Waals surface area contributed by atoms with Crippen LogP contribution in [0, 0.1) is 5.92 Å². The van der Waals surface area contributed by atoms with Crippen molar-refractivity contribution in [1.29, 1.82) is 0 Å². The van der Waals surface area contributed by atoms with Crippen LogP contribution in [-0.2, 0) is 10.9 Å². The smallest absolute Gasteiger partial charge is 0.416 e. The number of amides is 3. The molecule has 3 aromatic rings. The molecule has 41 heavy (non-hydrogen) atoms. The Kier molecular flexibility index (Phi) is 7.87. The molecular weight excluding hydrogens is 539 g/mol. The maximum Gasteiger partial charge on any atom is 0.416 e. The summed E-state index contributed by atoms with van der Waals surface area (Å²) in [5.74, 6) is 0.453. The number of alkyl halides is 3. The molecule has 2 atom stereocenters. The Bertz CT molecular complexity index is 1430. The van der Waals surface area contributed by atoms with Crippen LogP contribution in [0.5, 0.6) is 11.5 Å². The number of methoxy groups -OCH3 is 1. The number of likely N-dealkylation sites (tertiary alicyclic amines) is 2. The molecule has 2 heterocycles. The molecule has 0 bridgehead atoms. The highest BCUT2D eigenvalue weighted by Crippen LogP contribution is 2.34. The normalized spacial score (nSPS) is 18.4. The zero-order chi connectivity index (χ0) is 29.1. The second-order valence-electron chi connectivity index (χ2n) is 10.0. The first kappa shape index (κ1) is 28.0. The quantitative estimate of drug-likeness (QED) is 0.406. The Balaban J connectivity index is 1.23. The van der Waals surface area contributed by atoms with E-state index in [1.54, 1.807) is 53.4 Å². The van der Waals surface area contributed by atoms with Gasteiger partial charge in [0.05, 0.1) is 18.7 Å². The number of piperidine rings is 1. The van der Waals surface area contributed by atoms with Gasteiger partial charge in [-0.25, -0.2) is 4.79 Å². The predicted octanol–water partition coefficient (Wildman–Crippen LogP) is 6.05. The van der Waals surface area contributed by atoms with Crippen molar-refractivity contribution in [3.05, 3.63) is 89.5 Å². The summed E-state index contributed by atoms with van der Waals surface area (Å²) in [5.41, 5.74) is 0.572. The molecule has 2 aliphatic heterocycles. The number of ether oxygens (including phenoxy) is 2. The molecule has 0 radical (unpaired) electrons. The molecule has 214 valence electrons. The van der Waals surface area contributed by atoms with Crippen molar-refractivity contribution >= 4 is 23.6 Å². The number of carbonyl (C=O) groups excluding carboxylic acids is 3. The summed E-state index contributed by atoms with van der Waals surface area (Å²) in [6.07, 6.45) is -3.32. The minimum absolute atomic E-state index is 0.125. The van der Waals surface area contributed by atoms with Gasteiger partial charge in [0.1, 0.15) is 11.5 Å². The molecule has 0 spiro atoms. The molecule has 1 N–H and O–H groups in total. The number of rotatable bonds is 5. The average Bonchev–Trinajstić information content (AvgIpc) is 3.41. The first-order valence-electron chi connectivity index (χ1n) is 13.1. The lowest BCUT2D eigenvalue weighted by molar-refractivity contribution is -0.137. The minimum Gasteiger partial charge on any atom is -0.457 e. The van der Waals surface area contributed by atoms with Crippen LogP contribution in [0.2, 0.25) is 0 Å². The number of fused-ring (bicyclic) bond motifs is 1. The molecule has 8 nitrogen and oxygen atoms in total. The number of anilines is 1. The zero-order valence-corrected chi connectivity index (χ0v) is 22.2. The number of hydrogen-bond acceptors (Lipinski definition) is 5. The molecular formula is C30H28F3N3O5. The first-order valence-corrected chi connectivity index (χ1v) is 13.1. The number of hydrogen-bond donors (Lipinski definition) is 1. The van der Waals surface area contributed by atoms with Crippen LogP contribution in [0.1, 0.15) is 39.1 Å². The van der Waals surface area contributed by atoms with Gasteiger partial charge in [-0.1, -0.05) is 6.07 Å². The van der Waals surface area contributed by atoms with E-state index in [-0.39, 0.29) is 29.5 Å². The van der Waals surface area contributed by atoms with Crippen molar-refractivity contribution in [2.45, 2.75) is 25.1 Å². The summed E-state index contributed by atoms with van der Waals surface area (Å²) in [5, 5.41) is 2.57. The van der Waals surface area contributed by atoms with Crippen LogP contribution in [0.15, 0.2) is 72.8 Å². The zero-order valence-electron chi connectivity index (χ0n) is 22.2. The molecule has 0 aliphatic carbocycles. The summed E-state index contributed by atoms with van der Waals surface area (Å²) >= 11 is 0. The molecule has 2 saturated heterocycles. The van der Waals surface area contributed by atoms with E-state index in [4.69, 9.17) is 4.74 Å². The summed E-state index contributed by atoms with van der Waals surface area (Å²) in [7, 11) is 1.26. The summed E-state index contributed by atoms with van der Waals surface area (Å²) in [6, 6.07) is 17.3. The second kappa shape index (κ2) is 11.5. The van der Waals surface area contributed by atoms with Crippen LogP contribution in [0.3, 0.4) is 0 Å². The average molecular weight is 568 g/mol. The highest BCUT2D eigenvalue weighted by Gasteiger charge is 2.42. The Hall–Kier alpha value is -4.54. The summed E-state index contributed by atoms with van der Waals surface area (Å²) in [4.78, 5) is 41.9. The molecule has 3 aromatic carbocycles. The van der Waals surface area contributed by atoms with E-state index in [0.717, 1.165) is 25.0 Å². The first-order chi connectivity index (χ1) is 19.6. The fraction of sp³-hybridized carbons (Fsp3) is 0.300. The number of benzene rings is 3. The van der Waals surface area contributed by atoms with Crippen molar-refractivity contribution in [2.75, 3.05) is 32.1 Å². The Labute approximate surface area is 234 Å². The minimum atomic E-state index is -4.42. The van der Waals surface area contributed by atoms with Crippen molar-refractivity contribution in [3.8, 4) is 11.5 Å². The van der Waals surface area contributed by atoms with E-state index in [1.165, 1.54) is 19.2 Å². The van der Waals surface area contributed by atoms with E-state index >= 15 is 0 Å². The van der Waals surface area contributed by atoms with Gasteiger partial charge in [-0.3, -0.25) is 14.9 Å². The van der Waals surface area contributed by atoms with Gasteiger partial charge in [-0.05, 0) is 85.5 Å². The van der Waals surface area contributed by atoms with Gasteiger partial charge in [-0.2, -0.15) is 13.2 Å². The highest BCUT2D eigenvalue weighted by atomic mass is 19.4. The van der Waals surface area contributed by atoms with E-state index < -0.39 is 17.8 Å². The van der Waals surface area contributed by atoms with Crippen molar-refractivity contribution in [2.24, 2.45) is 5.92 Å². The Morgan fingerprint density at radius 2 is 1.56 bits per heavy atom. The fourth-order valence-electron chi connectivity index (χ4n) is 5.36. The number of carbonyl (C=O) groups is 3. The largest absolute Gasteiger partial charge is 0.457 e. The third-order valence-electron chi connectivity index (χ3n) is 7.39. The van der Waals surface area contributed by atoms with Crippen molar-refractivity contribution in [3.63, 3.8) is 0 Å². The second-order valence-corrected chi connectivity index (χ2v) is 10.0. The molecule has 5 rings (SSSR count). The van der Waals surface area contributed by atoms with Crippen LogP contribution in [0.25, 0.3) is 0 Å². The maximum absolute atomic E-state index is 13.5. The molecule has 11 heteroatoms. The lowest BCUT2D eigenvalue weighted by atomic mass is 9.91. The van der Waals surface area contributed by atoms with E-state index in [2.05, 4.69) is 10.1 Å². The lowest BCUT2D eigenvalue weighted by Gasteiger charge is -2.37. The third-order valence-corrected chi connectivity index (χ3v) is 7.39. The van der Waals surface area contributed by atoms with Crippen molar-refractivity contribution in [1.82, 2.24) is 9.80 Å². The molecule has 0 aromatic heterocycles. The number of nitrogens with zero attached hydrogens (tertiary/aromatic N) is 2. The van der Waals surface area contributed by atoms with Gasteiger partial charge >= 0.3 is 12.3 Å². The Morgan fingerprint density at radius 3 is 2.22 bits per heavy atom. The van der Waals surface area contributed by atoms with E-state index in [9.17, 15) is 27.6 Å². The van der Waals surface area contributed by atoms with Gasteiger partial charge in [-0.15, -0.1) is 0 Å². The third kappa shape index (κ3) is 6.29. The monoisotopic (exact) mass is 567 g/mol. The molecule has 0 saturated carbocycles. The van der Waals surface area contributed by atoms with Gasteiger partial charge in [0.2, 0.25) is 0 Å². The maximum atomic E-state index is 13.5. The SMILES string of the molecule is COC(=O)Nc1cccc(C(=O)N2CCC[C@@H]3CN(C(=O)c4ccc(Oc5ccc(C(F)(F)F)cc5)cc4)C[C@@H]32)c1. The molecule has 3 amide bonds. The lowest BCUT2D eigenvalue weighted by Crippen LogP contribution is -2.48. The standard InChI is InChI=1S/C30H28F3N3O5/c1-40-29(39)34-23-6-2-4-20(16-23)28(38)36-15-3-5-21-17-35(18-26(21)36)27(37)19-7-11-24(12-8-19)41-25-13-9-22(10-14-25)30(31,32)33/h2,4,6-14,16,21,26H,3,5,15,17-18H2,1H3,(H,34,39)/t21-,26+/m1/s1. The van der Waals surface area contributed by atoms with Gasteiger partial charge in [0, 0.05) is 36.4 Å². The van der Waals surface area contributed by atoms with Crippen molar-refractivity contribution < 1.29 is 37.0 Å². The predicted molar refractivity (Wildman–Crippen MR) is 144 cm³/mol. The fourth-order valence-corrected chi connectivity index (χ4v) is 5.36. The van der Waals surface area contributed by atoms with E-state index in [1.807, 2.05) is 4.90 Å². The molecule has 2 aliphatic rings. The number of nitrogens with one attached hydrogen (secondary N) is 1. The topological polar surface area (TPSA) is 88.2 Å². The van der Waals surface area contributed by atoms with Crippen LogP contribution < -0.4 is 10.1 Å². The van der Waals surface area contributed by atoms with Gasteiger partial charge < -0.3 is 19.3 Å². The van der Waals surface area contributed by atoms with E-state index in [0.29, 0.717) is 42.2 Å². The number of halogens is 3. The summed E-state index contributed by atoms with van der Waals surface area (Å²) in [6.45, 7) is 1.51. The van der Waals surface area contributed by atoms with Crippen LogP contribution >= 0.6 is 0 Å². The summed E-state index contributed by atoms with van der Waals surface area (Å²) < 4.78 is 48.6. The van der Waals surface area contributed by atoms with Gasteiger partial charge in [0.25, 0.3) is 11.8 Å². The molecule has 2 fully saturated rings. The molecule has 0 unspecified atom stereocenters. The Morgan fingerprint density at radius 1 is 0.878 bits per heavy atom. The van der Waals surface area contributed by atoms with Crippen LogP contribution in [0.4, 0.5) is 23.7 Å². The van der Waals surface area contributed by atoms with Gasteiger partial charge in [0.15, 0.2) is 0 Å². The highest BCUT2D eigenvalue weighted by molar-refractivity contribution is 5.97.